The Morgan fingerprint density at radius 2 is 0.270 bits per heavy atom. The van der Waals surface area contributed by atoms with Crippen LogP contribution in [0.5, 0.6) is 0 Å². The van der Waals surface area contributed by atoms with Gasteiger partial charge in [0.1, 0.15) is 0 Å². The SMILES string of the molecule is [SbH3].c1ccc(-c2ccccc2)cc1.c1ccc(-c2ccccc2)cc1.c1ccc(-c2ccccc2)cc1. The monoisotopic (exact) mass is 586 g/mol. The van der Waals surface area contributed by atoms with Gasteiger partial charge in [0.15, 0.2) is 0 Å². The average Bonchev–Trinajstić information content (AvgIpc) is 3.01. The van der Waals surface area contributed by atoms with Gasteiger partial charge in [-0.05, 0) is 33.4 Å². The topological polar surface area (TPSA) is 0 Å². The van der Waals surface area contributed by atoms with E-state index in [9.17, 15) is 0 Å². The third-order valence-corrected chi connectivity index (χ3v) is 5.64. The first-order chi connectivity index (χ1) is 17.9. The molecule has 0 aliphatic rings. The molecule has 182 valence electrons. The predicted molar refractivity (Wildman–Crippen MR) is 166 cm³/mol. The van der Waals surface area contributed by atoms with Crippen LogP contribution in [0.1, 0.15) is 0 Å². The summed E-state index contributed by atoms with van der Waals surface area (Å²) in [6.45, 7) is 0. The summed E-state index contributed by atoms with van der Waals surface area (Å²) in [4.78, 5) is 0. The zero-order valence-corrected chi connectivity index (χ0v) is 25.1. The van der Waals surface area contributed by atoms with Gasteiger partial charge in [-0.25, -0.2) is 0 Å². The van der Waals surface area contributed by atoms with E-state index in [2.05, 4.69) is 146 Å². The zero-order chi connectivity index (χ0) is 24.7. The van der Waals surface area contributed by atoms with Crippen LogP contribution in [0.2, 0.25) is 0 Å². The summed E-state index contributed by atoms with van der Waals surface area (Å²) in [5.41, 5.74) is 7.66. The van der Waals surface area contributed by atoms with Crippen LogP contribution in [-0.4, -0.2) is 24.4 Å². The molecular weight excluding hydrogens is 554 g/mol. The molecule has 0 bridgehead atoms. The molecule has 37 heavy (non-hydrogen) atoms. The third kappa shape index (κ3) is 9.26. The maximum absolute atomic E-state index is 2.12. The quantitative estimate of drug-likeness (QED) is 0.182. The van der Waals surface area contributed by atoms with Gasteiger partial charge >= 0.3 is 24.4 Å². The summed E-state index contributed by atoms with van der Waals surface area (Å²) < 4.78 is 0. The summed E-state index contributed by atoms with van der Waals surface area (Å²) >= 11 is 0. The maximum Gasteiger partial charge on any atom is -0.0184 e. The molecule has 0 spiro atoms. The van der Waals surface area contributed by atoms with Crippen molar-refractivity contribution in [1.82, 2.24) is 0 Å². The second kappa shape index (κ2) is 16.0. The standard InChI is InChI=1S/3C12H10.Sb.3H/c3*1-3-7-11(8-4-1)12-9-5-2-6-10-12;;;;/h3*1-10H;;;;. The van der Waals surface area contributed by atoms with E-state index in [4.69, 9.17) is 0 Å². The van der Waals surface area contributed by atoms with E-state index in [1.54, 1.807) is 0 Å². The normalized spacial score (nSPS) is 9.41. The van der Waals surface area contributed by atoms with Crippen molar-refractivity contribution in [2.45, 2.75) is 0 Å². The van der Waals surface area contributed by atoms with Crippen molar-refractivity contribution in [2.24, 2.45) is 0 Å². The van der Waals surface area contributed by atoms with Crippen molar-refractivity contribution in [3.05, 3.63) is 182 Å². The smallest absolute Gasteiger partial charge is 0.0184 e. The molecule has 0 atom stereocenters. The molecule has 0 aliphatic carbocycles. The largest absolute Gasteiger partial charge is 0.0622 e. The van der Waals surface area contributed by atoms with Crippen LogP contribution in [0.25, 0.3) is 33.4 Å². The van der Waals surface area contributed by atoms with E-state index in [-0.39, 0.29) is 24.4 Å². The number of rotatable bonds is 3. The summed E-state index contributed by atoms with van der Waals surface area (Å²) in [5.74, 6) is 0. The first kappa shape index (κ1) is 27.7. The summed E-state index contributed by atoms with van der Waals surface area (Å²) in [5, 5.41) is 0. The summed E-state index contributed by atoms with van der Waals surface area (Å²) in [7, 11) is 0. The Bertz CT molecular complexity index is 1080. The molecule has 1 heteroatoms. The Morgan fingerprint density at radius 3 is 0.378 bits per heavy atom. The van der Waals surface area contributed by atoms with Crippen molar-refractivity contribution >= 4 is 24.4 Å². The molecule has 0 saturated carbocycles. The second-order valence-corrected chi connectivity index (χ2v) is 8.20. The molecule has 0 nitrogen and oxygen atoms in total. The van der Waals surface area contributed by atoms with E-state index < -0.39 is 0 Å². The minimum atomic E-state index is 0. The van der Waals surface area contributed by atoms with Crippen LogP contribution in [0.3, 0.4) is 0 Å². The van der Waals surface area contributed by atoms with Gasteiger partial charge in [0.2, 0.25) is 0 Å². The Labute approximate surface area is 238 Å². The fourth-order valence-corrected chi connectivity index (χ4v) is 3.78. The third-order valence-electron chi connectivity index (χ3n) is 5.64. The van der Waals surface area contributed by atoms with Crippen LogP contribution in [0.4, 0.5) is 0 Å². The molecule has 0 radical (unpaired) electrons. The number of benzene rings is 6. The van der Waals surface area contributed by atoms with Gasteiger partial charge in [0, 0.05) is 0 Å². The zero-order valence-electron chi connectivity index (χ0n) is 21.0. The van der Waals surface area contributed by atoms with E-state index in [0.29, 0.717) is 0 Å². The van der Waals surface area contributed by atoms with E-state index in [0.717, 1.165) is 0 Å². The molecular formula is C36H33Sb. The molecule has 0 saturated heterocycles. The van der Waals surface area contributed by atoms with Gasteiger partial charge in [-0.15, -0.1) is 0 Å². The van der Waals surface area contributed by atoms with Crippen LogP contribution in [-0.2, 0) is 0 Å². The van der Waals surface area contributed by atoms with Crippen LogP contribution < -0.4 is 0 Å². The predicted octanol–water partition coefficient (Wildman–Crippen LogP) is 8.88. The Hall–Kier alpha value is -3.86. The van der Waals surface area contributed by atoms with Crippen molar-refractivity contribution in [2.75, 3.05) is 0 Å². The molecule has 6 rings (SSSR count). The van der Waals surface area contributed by atoms with Crippen LogP contribution in [0.15, 0.2) is 182 Å². The molecule has 0 N–H and O–H groups in total. The fraction of sp³-hybridized carbons (Fsp3) is 0. The van der Waals surface area contributed by atoms with Gasteiger partial charge < -0.3 is 0 Å². The molecule has 0 aliphatic heterocycles. The number of hydrogen-bond donors (Lipinski definition) is 0. The maximum atomic E-state index is 2.12. The van der Waals surface area contributed by atoms with Gasteiger partial charge in [-0.3, -0.25) is 0 Å². The van der Waals surface area contributed by atoms with Gasteiger partial charge in [-0.2, -0.15) is 0 Å². The average molecular weight is 587 g/mol. The first-order valence-corrected chi connectivity index (χ1v) is 12.2. The molecule has 0 amide bonds. The molecule has 6 aromatic rings. The van der Waals surface area contributed by atoms with Gasteiger partial charge in [0.25, 0.3) is 0 Å². The second-order valence-electron chi connectivity index (χ2n) is 8.20. The Morgan fingerprint density at radius 1 is 0.162 bits per heavy atom. The summed E-state index contributed by atoms with van der Waals surface area (Å²) in [6, 6.07) is 62.3. The van der Waals surface area contributed by atoms with Crippen LogP contribution in [0, 0.1) is 0 Å². The van der Waals surface area contributed by atoms with E-state index >= 15 is 0 Å². The Balaban J connectivity index is 0.000000152. The molecule has 0 fully saturated rings. The molecule has 0 heterocycles. The number of hydrogen-bond acceptors (Lipinski definition) is 0. The Kier molecular flexibility index (Phi) is 12.0. The van der Waals surface area contributed by atoms with Gasteiger partial charge in [-0.1, -0.05) is 182 Å². The minimum Gasteiger partial charge on any atom is -0.0622 e. The van der Waals surface area contributed by atoms with Crippen molar-refractivity contribution in [1.29, 1.82) is 0 Å². The van der Waals surface area contributed by atoms with E-state index in [1.807, 2.05) is 36.4 Å². The molecule has 6 aromatic carbocycles. The molecule has 0 aromatic heterocycles. The van der Waals surface area contributed by atoms with Gasteiger partial charge in [0.05, 0.1) is 0 Å². The van der Waals surface area contributed by atoms with Crippen molar-refractivity contribution < 1.29 is 0 Å². The van der Waals surface area contributed by atoms with E-state index in [1.165, 1.54) is 33.4 Å². The summed E-state index contributed by atoms with van der Waals surface area (Å²) in [6.07, 6.45) is 0. The fourth-order valence-electron chi connectivity index (χ4n) is 3.78. The van der Waals surface area contributed by atoms with Crippen molar-refractivity contribution in [3.8, 4) is 33.4 Å². The minimum absolute atomic E-state index is 0. The van der Waals surface area contributed by atoms with Crippen molar-refractivity contribution in [3.63, 3.8) is 0 Å². The van der Waals surface area contributed by atoms with Crippen LogP contribution >= 0.6 is 0 Å². The first-order valence-electron chi connectivity index (χ1n) is 12.2. The molecule has 0 unspecified atom stereocenters.